The van der Waals surface area contributed by atoms with Crippen LogP contribution in [0.5, 0.6) is 0 Å². The lowest BCUT2D eigenvalue weighted by atomic mass is 10.1. The van der Waals surface area contributed by atoms with Gasteiger partial charge in [0.25, 0.3) is 5.82 Å². The summed E-state index contributed by atoms with van der Waals surface area (Å²) in [4.78, 5) is 11.2. The first-order valence-corrected chi connectivity index (χ1v) is 4.08. The minimum absolute atomic E-state index is 0.625. The van der Waals surface area contributed by atoms with E-state index in [1.165, 1.54) is 0 Å². The van der Waals surface area contributed by atoms with E-state index in [1.54, 1.807) is 20.8 Å². The van der Waals surface area contributed by atoms with Crippen LogP contribution in [0.15, 0.2) is 0 Å². The molecule has 15 heavy (non-hydrogen) atoms. The summed E-state index contributed by atoms with van der Waals surface area (Å²) in [6.07, 6.45) is 0. The normalized spacial score (nSPS) is 12.9. The van der Waals surface area contributed by atoms with Gasteiger partial charge in [0.2, 0.25) is 0 Å². The van der Waals surface area contributed by atoms with Crippen molar-refractivity contribution >= 4 is 5.97 Å². The molecule has 0 fully saturated rings. The average Bonchev–Trinajstić information content (AvgIpc) is 2.50. The molecule has 0 spiro atoms. The molecule has 0 unspecified atom stereocenters. The third-order valence-electron chi connectivity index (χ3n) is 1.56. The third-order valence-corrected chi connectivity index (χ3v) is 1.56. The number of nitrogens with zero attached hydrogens (tertiary/aromatic N) is 4. The summed E-state index contributed by atoms with van der Waals surface area (Å²) < 4.78 is 25.8. The van der Waals surface area contributed by atoms with Crippen LogP contribution >= 0.6 is 0 Å². The molecule has 1 aromatic heterocycles. The number of alkyl halides is 2. The van der Waals surface area contributed by atoms with Crippen molar-refractivity contribution in [2.45, 2.75) is 32.2 Å². The Morgan fingerprint density at radius 3 is 2.27 bits per heavy atom. The lowest BCUT2D eigenvalue weighted by Crippen LogP contribution is -2.29. The molecule has 1 rings (SSSR count). The number of carbonyl (C=O) groups is 1. The quantitative estimate of drug-likeness (QED) is 0.789. The Labute approximate surface area is 83.9 Å². The maximum Gasteiger partial charge on any atom is 0.404 e. The molecule has 0 atom stereocenters. The summed E-state index contributed by atoms with van der Waals surface area (Å²) in [7, 11) is 0. The second kappa shape index (κ2) is 3.21. The molecule has 0 radical (unpaired) electrons. The Hall–Kier alpha value is -1.60. The molecule has 1 heterocycles. The molecule has 0 saturated carbocycles. The van der Waals surface area contributed by atoms with Gasteiger partial charge in [0.1, 0.15) is 0 Å². The SMILES string of the molecule is CC(C)(C)n1nnc(C(F)(F)C(=O)O)n1. The van der Waals surface area contributed by atoms with Gasteiger partial charge in [-0.1, -0.05) is 0 Å². The fourth-order valence-corrected chi connectivity index (χ4v) is 0.720. The van der Waals surface area contributed by atoms with E-state index in [4.69, 9.17) is 5.11 Å². The predicted molar refractivity (Wildman–Crippen MR) is 44.3 cm³/mol. The Balaban J connectivity index is 3.10. The first kappa shape index (κ1) is 11.5. The molecular formula is C7H10F2N4O2. The van der Waals surface area contributed by atoms with Crippen LogP contribution in [0.3, 0.4) is 0 Å². The van der Waals surface area contributed by atoms with Gasteiger partial charge in [-0.05, 0) is 26.0 Å². The molecular weight excluding hydrogens is 210 g/mol. The van der Waals surface area contributed by atoms with Gasteiger partial charge in [-0.2, -0.15) is 13.6 Å². The Morgan fingerprint density at radius 2 is 1.93 bits per heavy atom. The van der Waals surface area contributed by atoms with Crippen molar-refractivity contribution in [3.8, 4) is 0 Å². The number of hydrogen-bond acceptors (Lipinski definition) is 4. The third kappa shape index (κ3) is 2.08. The van der Waals surface area contributed by atoms with Crippen LogP contribution in [0.2, 0.25) is 0 Å². The molecule has 1 N–H and O–H groups in total. The van der Waals surface area contributed by atoms with Crippen molar-refractivity contribution in [2.24, 2.45) is 0 Å². The fourth-order valence-electron chi connectivity index (χ4n) is 0.720. The van der Waals surface area contributed by atoms with E-state index < -0.39 is 23.3 Å². The maximum absolute atomic E-state index is 12.9. The zero-order valence-electron chi connectivity index (χ0n) is 8.40. The molecule has 6 nitrogen and oxygen atoms in total. The minimum Gasteiger partial charge on any atom is -0.476 e. The van der Waals surface area contributed by atoms with Crippen LogP contribution in [0.1, 0.15) is 26.6 Å². The van der Waals surface area contributed by atoms with E-state index in [9.17, 15) is 13.6 Å². The summed E-state index contributed by atoms with van der Waals surface area (Å²) in [5.74, 6) is -7.51. The summed E-state index contributed by atoms with van der Waals surface area (Å²) in [5.41, 5.74) is -0.625. The van der Waals surface area contributed by atoms with Crippen LogP contribution < -0.4 is 0 Å². The van der Waals surface area contributed by atoms with E-state index in [2.05, 4.69) is 15.4 Å². The van der Waals surface area contributed by atoms with Crippen molar-refractivity contribution in [1.29, 1.82) is 0 Å². The van der Waals surface area contributed by atoms with Gasteiger partial charge in [-0.25, -0.2) is 4.79 Å². The van der Waals surface area contributed by atoms with E-state index in [0.717, 1.165) is 4.80 Å². The monoisotopic (exact) mass is 220 g/mol. The summed E-state index contributed by atoms with van der Waals surface area (Å²) >= 11 is 0. The van der Waals surface area contributed by atoms with Gasteiger partial charge >= 0.3 is 11.9 Å². The van der Waals surface area contributed by atoms with Gasteiger partial charge in [0.15, 0.2) is 0 Å². The number of carboxylic acids is 1. The summed E-state index contributed by atoms with van der Waals surface area (Å²) in [6, 6.07) is 0. The van der Waals surface area contributed by atoms with Gasteiger partial charge in [0, 0.05) is 0 Å². The van der Waals surface area contributed by atoms with Crippen LogP contribution in [0, 0.1) is 0 Å². The smallest absolute Gasteiger partial charge is 0.404 e. The van der Waals surface area contributed by atoms with Crippen molar-refractivity contribution in [3.05, 3.63) is 5.82 Å². The number of hydrogen-bond donors (Lipinski definition) is 1. The van der Waals surface area contributed by atoms with E-state index in [-0.39, 0.29) is 0 Å². The Kier molecular flexibility index (Phi) is 2.46. The number of carboxylic acid groups (broad SMARTS) is 1. The lowest BCUT2D eigenvalue weighted by molar-refractivity contribution is -0.167. The van der Waals surface area contributed by atoms with Gasteiger partial charge in [0.05, 0.1) is 5.54 Å². The summed E-state index contributed by atoms with van der Waals surface area (Å²) in [5, 5.41) is 18.0. The second-order valence-electron chi connectivity index (χ2n) is 3.95. The highest BCUT2D eigenvalue weighted by atomic mass is 19.3. The first-order chi connectivity index (χ1) is 6.65. The molecule has 0 aliphatic rings. The molecule has 0 aromatic carbocycles. The zero-order chi connectivity index (χ0) is 11.9. The largest absolute Gasteiger partial charge is 0.476 e. The molecule has 1 aromatic rings. The highest BCUT2D eigenvalue weighted by molar-refractivity contribution is 5.75. The topological polar surface area (TPSA) is 80.9 Å². The van der Waals surface area contributed by atoms with Crippen LogP contribution in [-0.4, -0.2) is 31.3 Å². The highest BCUT2D eigenvalue weighted by Crippen LogP contribution is 2.24. The zero-order valence-corrected chi connectivity index (χ0v) is 8.40. The lowest BCUT2D eigenvalue weighted by Gasteiger charge is -2.15. The number of halogens is 2. The minimum atomic E-state index is -4.11. The second-order valence-corrected chi connectivity index (χ2v) is 3.95. The van der Waals surface area contributed by atoms with Crippen LogP contribution in [0.4, 0.5) is 8.78 Å². The van der Waals surface area contributed by atoms with Crippen molar-refractivity contribution in [2.75, 3.05) is 0 Å². The molecule has 84 valence electrons. The summed E-state index contributed by atoms with van der Waals surface area (Å²) in [6.45, 7) is 5.03. The molecule has 0 bridgehead atoms. The number of aromatic nitrogens is 4. The molecule has 0 amide bonds. The van der Waals surface area contributed by atoms with Gasteiger partial charge in [-0.15, -0.1) is 10.2 Å². The van der Waals surface area contributed by atoms with Gasteiger partial charge < -0.3 is 5.11 Å². The Bertz CT molecular complexity index is 383. The molecule has 0 aliphatic carbocycles. The molecule has 0 saturated heterocycles. The number of rotatable bonds is 2. The average molecular weight is 220 g/mol. The number of tetrazole rings is 1. The van der Waals surface area contributed by atoms with Crippen molar-refractivity contribution in [3.63, 3.8) is 0 Å². The standard InChI is InChI=1S/C7H10F2N4O2/c1-6(2,3)13-11-4(10-12-13)7(8,9)5(14)15/h1-3H3,(H,14,15). The Morgan fingerprint density at radius 1 is 1.40 bits per heavy atom. The van der Waals surface area contributed by atoms with Crippen molar-refractivity contribution < 1.29 is 18.7 Å². The van der Waals surface area contributed by atoms with E-state index in [1.807, 2.05) is 0 Å². The van der Waals surface area contributed by atoms with E-state index >= 15 is 0 Å². The predicted octanol–water partition coefficient (Wildman–Crippen LogP) is 0.604. The van der Waals surface area contributed by atoms with Crippen LogP contribution in [0.25, 0.3) is 0 Å². The van der Waals surface area contributed by atoms with Crippen LogP contribution in [-0.2, 0) is 16.3 Å². The highest BCUT2D eigenvalue weighted by Gasteiger charge is 2.46. The van der Waals surface area contributed by atoms with Gasteiger partial charge in [-0.3, -0.25) is 0 Å². The number of aliphatic carboxylic acids is 1. The van der Waals surface area contributed by atoms with Crippen molar-refractivity contribution in [1.82, 2.24) is 20.2 Å². The fraction of sp³-hybridized carbons (Fsp3) is 0.714. The van der Waals surface area contributed by atoms with E-state index in [0.29, 0.717) is 0 Å². The molecule has 0 aliphatic heterocycles. The first-order valence-electron chi connectivity index (χ1n) is 4.08. The maximum atomic E-state index is 12.9. The molecule has 8 heteroatoms.